The van der Waals surface area contributed by atoms with Crippen LogP contribution in [0.5, 0.6) is 5.88 Å². The van der Waals surface area contributed by atoms with Crippen LogP contribution in [0.3, 0.4) is 0 Å². The van der Waals surface area contributed by atoms with E-state index in [0.717, 1.165) is 24.0 Å². The lowest BCUT2D eigenvalue weighted by Gasteiger charge is -2.26. The van der Waals surface area contributed by atoms with E-state index in [1.807, 2.05) is 45.0 Å². The SMILES string of the molecule is CCCc1c(OCCN(C=O)OC(C)(C)C)noc1-c1ccc(Cl)cc1. The molecular formula is C19H25ClN2O4. The fraction of sp³-hybridized carbons (Fsp3) is 0.474. The molecule has 2 aromatic rings. The van der Waals surface area contributed by atoms with E-state index in [4.69, 9.17) is 25.7 Å². The van der Waals surface area contributed by atoms with Crippen LogP contribution < -0.4 is 4.74 Å². The van der Waals surface area contributed by atoms with Crippen LogP contribution in [0.25, 0.3) is 11.3 Å². The molecule has 0 atom stereocenters. The van der Waals surface area contributed by atoms with E-state index in [2.05, 4.69) is 12.1 Å². The molecule has 0 saturated carbocycles. The summed E-state index contributed by atoms with van der Waals surface area (Å²) in [5.74, 6) is 1.12. The van der Waals surface area contributed by atoms with Crippen molar-refractivity contribution in [3.8, 4) is 17.2 Å². The highest BCUT2D eigenvalue weighted by Gasteiger charge is 2.20. The van der Waals surface area contributed by atoms with Gasteiger partial charge in [0.15, 0.2) is 5.76 Å². The molecule has 2 rings (SSSR count). The Bertz CT molecular complexity index is 707. The zero-order chi connectivity index (χ0) is 19.2. The van der Waals surface area contributed by atoms with Gasteiger partial charge in [-0.1, -0.05) is 24.9 Å². The average Bonchev–Trinajstić information content (AvgIpc) is 2.97. The van der Waals surface area contributed by atoms with Gasteiger partial charge in [0, 0.05) is 10.6 Å². The van der Waals surface area contributed by atoms with Gasteiger partial charge in [-0.15, -0.1) is 0 Å². The summed E-state index contributed by atoms with van der Waals surface area (Å²) < 4.78 is 11.3. The molecule has 0 spiro atoms. The van der Waals surface area contributed by atoms with Crippen molar-refractivity contribution in [1.29, 1.82) is 0 Å². The minimum Gasteiger partial charge on any atom is -0.473 e. The van der Waals surface area contributed by atoms with Crippen LogP contribution in [0.2, 0.25) is 5.02 Å². The van der Waals surface area contributed by atoms with Crippen molar-refractivity contribution in [2.45, 2.75) is 46.1 Å². The third kappa shape index (κ3) is 5.75. The molecule has 142 valence electrons. The topological polar surface area (TPSA) is 64.8 Å². The van der Waals surface area contributed by atoms with Crippen molar-refractivity contribution in [2.75, 3.05) is 13.2 Å². The van der Waals surface area contributed by atoms with Gasteiger partial charge in [-0.2, -0.15) is 0 Å². The van der Waals surface area contributed by atoms with E-state index < -0.39 is 5.60 Å². The maximum Gasteiger partial charge on any atom is 0.258 e. The molecule has 1 aromatic heterocycles. The zero-order valence-electron chi connectivity index (χ0n) is 15.6. The van der Waals surface area contributed by atoms with E-state index in [-0.39, 0.29) is 13.2 Å². The number of carbonyl (C=O) groups excluding carboxylic acids is 1. The number of carbonyl (C=O) groups is 1. The van der Waals surface area contributed by atoms with Gasteiger partial charge in [0.2, 0.25) is 6.41 Å². The highest BCUT2D eigenvalue weighted by atomic mass is 35.5. The molecule has 0 aliphatic heterocycles. The van der Waals surface area contributed by atoms with Crippen LogP contribution in [0.4, 0.5) is 0 Å². The van der Waals surface area contributed by atoms with Gasteiger partial charge < -0.3 is 9.26 Å². The number of amides is 1. The van der Waals surface area contributed by atoms with Gasteiger partial charge >= 0.3 is 0 Å². The molecule has 0 N–H and O–H groups in total. The van der Waals surface area contributed by atoms with E-state index >= 15 is 0 Å². The maximum absolute atomic E-state index is 11.1. The third-order valence-electron chi connectivity index (χ3n) is 3.42. The Balaban J connectivity index is 2.07. The van der Waals surface area contributed by atoms with Gasteiger partial charge in [-0.3, -0.25) is 9.63 Å². The normalized spacial score (nSPS) is 11.4. The van der Waals surface area contributed by atoms with Gasteiger partial charge in [-0.05, 0) is 56.6 Å². The molecule has 1 aromatic carbocycles. The lowest BCUT2D eigenvalue weighted by Crippen LogP contribution is -2.35. The summed E-state index contributed by atoms with van der Waals surface area (Å²) in [6, 6.07) is 7.39. The Hall–Kier alpha value is -2.05. The lowest BCUT2D eigenvalue weighted by molar-refractivity contribution is -0.217. The largest absolute Gasteiger partial charge is 0.473 e. The molecule has 6 nitrogen and oxygen atoms in total. The summed E-state index contributed by atoms with van der Waals surface area (Å²) in [5.41, 5.74) is 1.35. The zero-order valence-corrected chi connectivity index (χ0v) is 16.4. The van der Waals surface area contributed by atoms with Crippen molar-refractivity contribution in [3.63, 3.8) is 0 Å². The summed E-state index contributed by atoms with van der Waals surface area (Å²) in [4.78, 5) is 16.6. The molecular weight excluding hydrogens is 356 g/mol. The summed E-state index contributed by atoms with van der Waals surface area (Å²) in [6.45, 7) is 8.24. The second-order valence-corrected chi connectivity index (χ2v) is 7.29. The number of hydrogen-bond acceptors (Lipinski definition) is 5. The molecule has 1 heterocycles. The quantitative estimate of drug-likeness (QED) is 0.473. The van der Waals surface area contributed by atoms with E-state index in [0.29, 0.717) is 23.1 Å². The number of hydroxylamine groups is 2. The molecule has 0 radical (unpaired) electrons. The monoisotopic (exact) mass is 380 g/mol. The predicted octanol–water partition coefficient (Wildman–Crippen LogP) is 4.51. The number of halogens is 1. The first-order valence-corrected chi connectivity index (χ1v) is 9.00. The fourth-order valence-electron chi connectivity index (χ4n) is 2.41. The van der Waals surface area contributed by atoms with Crippen LogP contribution in [0.1, 0.15) is 39.7 Å². The Morgan fingerprint density at radius 3 is 2.54 bits per heavy atom. The summed E-state index contributed by atoms with van der Waals surface area (Å²) >= 11 is 5.95. The molecule has 1 amide bonds. The summed E-state index contributed by atoms with van der Waals surface area (Å²) in [7, 11) is 0. The molecule has 7 heteroatoms. The number of hydrogen-bond donors (Lipinski definition) is 0. The number of nitrogens with zero attached hydrogens (tertiary/aromatic N) is 2. The predicted molar refractivity (Wildman–Crippen MR) is 100 cm³/mol. The Morgan fingerprint density at radius 1 is 1.27 bits per heavy atom. The van der Waals surface area contributed by atoms with Crippen LogP contribution in [-0.2, 0) is 16.1 Å². The number of rotatable bonds is 9. The lowest BCUT2D eigenvalue weighted by atomic mass is 10.1. The smallest absolute Gasteiger partial charge is 0.258 e. The standard InChI is InChI=1S/C19H25ClN2O4/c1-5-6-16-17(14-7-9-15(20)10-8-14)25-21-18(16)24-12-11-22(13-23)26-19(2,3)4/h7-10,13H,5-6,11-12H2,1-4H3. The summed E-state index contributed by atoms with van der Waals surface area (Å²) in [5, 5.41) is 5.94. The maximum atomic E-state index is 11.1. The Kier molecular flexibility index (Phi) is 7.06. The first-order chi connectivity index (χ1) is 12.3. The van der Waals surface area contributed by atoms with Crippen molar-refractivity contribution >= 4 is 18.0 Å². The van der Waals surface area contributed by atoms with Crippen LogP contribution in [0.15, 0.2) is 28.8 Å². The van der Waals surface area contributed by atoms with E-state index in [1.54, 1.807) is 0 Å². The van der Waals surface area contributed by atoms with E-state index in [9.17, 15) is 4.79 Å². The minimum atomic E-state index is -0.454. The molecule has 0 bridgehead atoms. The Morgan fingerprint density at radius 2 is 1.96 bits per heavy atom. The van der Waals surface area contributed by atoms with Gasteiger partial charge in [0.1, 0.15) is 6.61 Å². The molecule has 0 saturated heterocycles. The van der Waals surface area contributed by atoms with Crippen LogP contribution in [0, 0.1) is 0 Å². The minimum absolute atomic E-state index is 0.248. The Labute approximate surface area is 159 Å². The number of aromatic nitrogens is 1. The van der Waals surface area contributed by atoms with Gasteiger partial charge in [0.05, 0.1) is 17.7 Å². The molecule has 26 heavy (non-hydrogen) atoms. The third-order valence-corrected chi connectivity index (χ3v) is 3.67. The van der Waals surface area contributed by atoms with Crippen molar-refractivity contribution < 1.29 is 18.9 Å². The van der Waals surface area contributed by atoms with Crippen molar-refractivity contribution in [2.24, 2.45) is 0 Å². The molecule has 0 aliphatic carbocycles. The van der Waals surface area contributed by atoms with Gasteiger partial charge in [0.25, 0.3) is 5.88 Å². The van der Waals surface area contributed by atoms with Crippen molar-refractivity contribution in [1.82, 2.24) is 10.2 Å². The second-order valence-electron chi connectivity index (χ2n) is 6.85. The summed E-state index contributed by atoms with van der Waals surface area (Å²) in [6.07, 6.45) is 2.34. The fourth-order valence-corrected chi connectivity index (χ4v) is 2.54. The van der Waals surface area contributed by atoms with Gasteiger partial charge in [-0.25, -0.2) is 5.06 Å². The molecule has 0 unspecified atom stereocenters. The highest BCUT2D eigenvalue weighted by molar-refractivity contribution is 6.30. The highest BCUT2D eigenvalue weighted by Crippen LogP contribution is 2.32. The number of benzene rings is 1. The first kappa shape index (κ1) is 20.3. The molecule has 0 aliphatic rings. The average molecular weight is 381 g/mol. The first-order valence-electron chi connectivity index (χ1n) is 8.62. The van der Waals surface area contributed by atoms with Crippen molar-refractivity contribution in [3.05, 3.63) is 34.9 Å². The van der Waals surface area contributed by atoms with Crippen LogP contribution in [-0.4, -0.2) is 35.4 Å². The van der Waals surface area contributed by atoms with E-state index in [1.165, 1.54) is 5.06 Å². The number of ether oxygens (including phenoxy) is 1. The van der Waals surface area contributed by atoms with Crippen LogP contribution >= 0.6 is 11.6 Å². The molecule has 0 fully saturated rings. The second kappa shape index (κ2) is 9.05.